The van der Waals surface area contributed by atoms with E-state index < -0.39 is 0 Å². The number of oxazole rings is 1. The molecule has 5 heteroatoms. The van der Waals surface area contributed by atoms with Gasteiger partial charge in [-0.3, -0.25) is 0 Å². The molecule has 0 unspecified atom stereocenters. The predicted molar refractivity (Wildman–Crippen MR) is 220 cm³/mol. The van der Waals surface area contributed by atoms with Gasteiger partial charge in [0.2, 0.25) is 5.89 Å². The number of furan rings is 2. The lowest BCUT2D eigenvalue weighted by Crippen LogP contribution is -2.10. The summed E-state index contributed by atoms with van der Waals surface area (Å²) in [7, 11) is 0. The van der Waals surface area contributed by atoms with Gasteiger partial charge in [0.05, 0.1) is 5.39 Å². The molecule has 8 aromatic carbocycles. The summed E-state index contributed by atoms with van der Waals surface area (Å²) in [5.74, 6) is 0.587. The molecule has 0 atom stereocenters. The highest BCUT2D eigenvalue weighted by molar-refractivity contribution is 6.17. The quantitative estimate of drug-likeness (QED) is 0.173. The van der Waals surface area contributed by atoms with E-state index in [0.29, 0.717) is 11.5 Å². The number of fused-ring (bicyclic) bond motifs is 8. The summed E-state index contributed by atoms with van der Waals surface area (Å²) in [5, 5.41) is 4.06. The number of hydrogen-bond donors (Lipinski definition) is 0. The summed E-state index contributed by atoms with van der Waals surface area (Å²) in [6, 6.07) is 62.8. The minimum absolute atomic E-state index is 0.587. The molecular formula is C49H30N2O3. The zero-order chi connectivity index (χ0) is 35.6. The fraction of sp³-hybridized carbons (Fsp3) is 0. The fourth-order valence-electron chi connectivity index (χ4n) is 7.78. The van der Waals surface area contributed by atoms with Gasteiger partial charge in [0.1, 0.15) is 27.8 Å². The summed E-state index contributed by atoms with van der Waals surface area (Å²) >= 11 is 0. The van der Waals surface area contributed by atoms with Crippen LogP contribution in [0.1, 0.15) is 0 Å². The van der Waals surface area contributed by atoms with Crippen molar-refractivity contribution in [3.8, 4) is 33.7 Å². The first-order valence-corrected chi connectivity index (χ1v) is 18.0. The highest BCUT2D eigenvalue weighted by Gasteiger charge is 2.21. The molecule has 0 aliphatic heterocycles. The van der Waals surface area contributed by atoms with Gasteiger partial charge in [0.25, 0.3) is 0 Å². The van der Waals surface area contributed by atoms with Gasteiger partial charge < -0.3 is 18.2 Å². The van der Waals surface area contributed by atoms with E-state index in [4.69, 9.17) is 18.2 Å². The van der Waals surface area contributed by atoms with E-state index >= 15 is 0 Å². The molecule has 11 aromatic rings. The number of hydrogen-bond acceptors (Lipinski definition) is 5. The molecular weight excluding hydrogens is 665 g/mol. The Hall–Kier alpha value is -7.37. The Morgan fingerprint density at radius 1 is 0.370 bits per heavy atom. The minimum atomic E-state index is 0.587. The van der Waals surface area contributed by atoms with Gasteiger partial charge in [-0.1, -0.05) is 103 Å². The summed E-state index contributed by atoms with van der Waals surface area (Å²) in [5.41, 5.74) is 13.2. The van der Waals surface area contributed by atoms with Crippen LogP contribution in [0.5, 0.6) is 0 Å². The molecule has 0 spiro atoms. The second kappa shape index (κ2) is 12.1. The third-order valence-corrected chi connectivity index (χ3v) is 10.3. The average molecular weight is 695 g/mol. The van der Waals surface area contributed by atoms with E-state index in [-0.39, 0.29) is 0 Å². The van der Waals surface area contributed by atoms with Crippen molar-refractivity contribution in [1.29, 1.82) is 0 Å². The van der Waals surface area contributed by atoms with Gasteiger partial charge in [0, 0.05) is 50.9 Å². The number of benzene rings is 8. The van der Waals surface area contributed by atoms with E-state index in [1.54, 1.807) is 0 Å². The van der Waals surface area contributed by atoms with E-state index in [1.165, 1.54) is 0 Å². The van der Waals surface area contributed by atoms with Gasteiger partial charge in [-0.05, 0) is 89.0 Å². The first-order chi connectivity index (χ1) is 26.7. The second-order valence-corrected chi connectivity index (χ2v) is 13.5. The molecule has 0 bridgehead atoms. The summed E-state index contributed by atoms with van der Waals surface area (Å²) in [6.07, 6.45) is 0. The van der Waals surface area contributed by atoms with Crippen molar-refractivity contribution in [3.63, 3.8) is 0 Å². The maximum atomic E-state index is 6.59. The van der Waals surface area contributed by atoms with Crippen molar-refractivity contribution < 1.29 is 13.3 Å². The normalized spacial score (nSPS) is 11.7. The standard InChI is InChI=1S/C49H30N2O3/c1-4-12-31(13-5-1)37-23-20-34(28-41(37)32-14-6-2-7-15-32)51(35-21-24-39-38-18-10-11-19-43(38)52-45(39)29-35)36-22-25-40-46(30-36)53-44-27-26-42-48(47(40)44)54-49(50-42)33-16-8-3-9-17-33/h1-30H. The van der Waals surface area contributed by atoms with Gasteiger partial charge in [0.15, 0.2) is 5.58 Å². The Labute approximate surface area is 309 Å². The third-order valence-electron chi connectivity index (χ3n) is 10.3. The molecule has 3 heterocycles. The third kappa shape index (κ3) is 4.90. The van der Waals surface area contributed by atoms with Gasteiger partial charge in [-0.25, -0.2) is 4.98 Å². The lowest BCUT2D eigenvalue weighted by atomic mass is 9.93. The molecule has 11 rings (SSSR count). The molecule has 0 aliphatic rings. The van der Waals surface area contributed by atoms with Crippen LogP contribution < -0.4 is 4.90 Å². The van der Waals surface area contributed by atoms with Crippen LogP contribution in [0.4, 0.5) is 17.1 Å². The second-order valence-electron chi connectivity index (χ2n) is 13.5. The smallest absolute Gasteiger partial charge is 0.227 e. The Balaban J connectivity index is 1.12. The number of aromatic nitrogens is 1. The topological polar surface area (TPSA) is 55.6 Å². The van der Waals surface area contributed by atoms with Crippen LogP contribution in [0.25, 0.3) is 88.7 Å². The minimum Gasteiger partial charge on any atom is -0.456 e. The fourth-order valence-corrected chi connectivity index (χ4v) is 7.78. The maximum absolute atomic E-state index is 6.59. The SMILES string of the molecule is c1ccc(-c2nc3ccc4oc5cc(N(c6ccc(-c7ccccc7)c(-c7ccccc7)c6)c6ccc7c(c6)oc6ccccc67)ccc5c4c3o2)cc1. The van der Waals surface area contributed by atoms with E-state index in [2.05, 4.69) is 132 Å². The highest BCUT2D eigenvalue weighted by atomic mass is 16.4. The maximum Gasteiger partial charge on any atom is 0.227 e. The van der Waals surface area contributed by atoms with Crippen LogP contribution >= 0.6 is 0 Å². The van der Waals surface area contributed by atoms with Crippen molar-refractivity contribution in [2.24, 2.45) is 0 Å². The first kappa shape index (κ1) is 30.3. The van der Waals surface area contributed by atoms with Crippen LogP contribution in [0.3, 0.4) is 0 Å². The zero-order valence-corrected chi connectivity index (χ0v) is 28.9. The van der Waals surface area contributed by atoms with Crippen molar-refractivity contribution >= 4 is 72.0 Å². The van der Waals surface area contributed by atoms with Gasteiger partial charge in [-0.2, -0.15) is 0 Å². The molecule has 0 amide bonds. The summed E-state index contributed by atoms with van der Waals surface area (Å²) < 4.78 is 19.4. The number of rotatable bonds is 6. The van der Waals surface area contributed by atoms with Crippen LogP contribution in [-0.2, 0) is 0 Å². The molecule has 0 aliphatic carbocycles. The average Bonchev–Trinajstić information content (AvgIpc) is 3.95. The molecule has 0 saturated heterocycles. The molecule has 5 nitrogen and oxygen atoms in total. The van der Waals surface area contributed by atoms with Crippen LogP contribution in [0.2, 0.25) is 0 Å². The molecule has 0 N–H and O–H groups in total. The summed E-state index contributed by atoms with van der Waals surface area (Å²) in [6.45, 7) is 0. The molecule has 3 aromatic heterocycles. The van der Waals surface area contributed by atoms with Crippen LogP contribution in [0, 0.1) is 0 Å². The van der Waals surface area contributed by atoms with Gasteiger partial charge in [-0.15, -0.1) is 0 Å². The molecule has 254 valence electrons. The predicted octanol–water partition coefficient (Wildman–Crippen LogP) is 14.1. The lowest BCUT2D eigenvalue weighted by Gasteiger charge is -2.27. The van der Waals surface area contributed by atoms with Crippen molar-refractivity contribution in [2.45, 2.75) is 0 Å². The Morgan fingerprint density at radius 3 is 1.67 bits per heavy atom. The van der Waals surface area contributed by atoms with Crippen LogP contribution in [0.15, 0.2) is 195 Å². The van der Waals surface area contributed by atoms with Crippen molar-refractivity contribution in [2.75, 3.05) is 4.90 Å². The van der Waals surface area contributed by atoms with Crippen LogP contribution in [-0.4, -0.2) is 4.98 Å². The Morgan fingerprint density at radius 2 is 0.926 bits per heavy atom. The van der Waals surface area contributed by atoms with E-state index in [9.17, 15) is 0 Å². The largest absolute Gasteiger partial charge is 0.456 e. The zero-order valence-electron chi connectivity index (χ0n) is 28.9. The van der Waals surface area contributed by atoms with Gasteiger partial charge >= 0.3 is 0 Å². The number of nitrogens with zero attached hydrogens (tertiary/aromatic N) is 2. The van der Waals surface area contributed by atoms with E-state index in [1.807, 2.05) is 54.6 Å². The molecule has 0 radical (unpaired) electrons. The van der Waals surface area contributed by atoms with Crippen molar-refractivity contribution in [1.82, 2.24) is 4.98 Å². The van der Waals surface area contributed by atoms with E-state index in [0.717, 1.165) is 94.3 Å². The monoisotopic (exact) mass is 694 g/mol. The lowest BCUT2D eigenvalue weighted by molar-refractivity contribution is 0.622. The molecule has 54 heavy (non-hydrogen) atoms. The Bertz CT molecular complexity index is 3160. The highest BCUT2D eigenvalue weighted by Crippen LogP contribution is 2.44. The number of para-hydroxylation sites is 1. The van der Waals surface area contributed by atoms with Crippen molar-refractivity contribution in [3.05, 3.63) is 182 Å². The first-order valence-electron chi connectivity index (χ1n) is 18.0. The summed E-state index contributed by atoms with van der Waals surface area (Å²) in [4.78, 5) is 7.10. The molecule has 0 saturated carbocycles. The Kier molecular flexibility index (Phi) is 6.79. The molecule has 0 fully saturated rings. The number of anilines is 3.